The topological polar surface area (TPSA) is 171 Å². The molecule has 12 atom stereocenters. The van der Waals surface area contributed by atoms with E-state index in [4.69, 9.17) is 9.92 Å². The summed E-state index contributed by atoms with van der Waals surface area (Å²) in [5, 5.41) is 28.6. The highest BCUT2D eigenvalue weighted by Crippen LogP contribution is 2.68. The monoisotopic (exact) mass is 657 g/mol. The molecule has 4 rings (SSSR count). The van der Waals surface area contributed by atoms with Crippen molar-refractivity contribution in [1.82, 2.24) is 10.6 Å². The van der Waals surface area contributed by atoms with Gasteiger partial charge in [0.05, 0.1) is 18.1 Å². The fraction of sp³-hybridized carbons (Fsp3) is 0.971. The maximum absolute atomic E-state index is 11.8. The molecule has 0 spiro atoms. The Labute approximate surface area is 272 Å². The number of unbranched alkanes of at least 4 members (excludes halogenated alkanes) is 1. The number of hydrogen-bond donors (Lipinski definition) is 6. The molecule has 0 aromatic heterocycles. The quantitative estimate of drug-likeness (QED) is 0.0958. The van der Waals surface area contributed by atoms with Crippen LogP contribution in [0.4, 0.5) is 0 Å². The van der Waals surface area contributed by atoms with Crippen molar-refractivity contribution < 1.29 is 32.2 Å². The second-order valence-corrected chi connectivity index (χ2v) is 16.8. The molecule has 2 unspecified atom stereocenters. The Morgan fingerprint density at radius 3 is 2.33 bits per heavy atom. The molecule has 4 saturated carbocycles. The maximum Gasteiger partial charge on any atom is 0.397 e. The molecule has 7 N–H and O–H groups in total. The van der Waals surface area contributed by atoms with Crippen molar-refractivity contribution in [1.29, 1.82) is 0 Å². The van der Waals surface area contributed by atoms with Gasteiger partial charge in [0.15, 0.2) is 0 Å². The minimum atomic E-state index is -4.75. The summed E-state index contributed by atoms with van der Waals surface area (Å²) in [4.78, 5) is 11.6. The number of carboxylic acid groups (broad SMARTS) is 1. The number of aliphatic hydroxyl groups is 1. The number of rotatable bonds is 17. The van der Waals surface area contributed by atoms with Crippen LogP contribution >= 0.6 is 0 Å². The average Bonchev–Trinajstić information content (AvgIpc) is 3.33. The van der Waals surface area contributed by atoms with E-state index in [0.717, 1.165) is 84.0 Å². The van der Waals surface area contributed by atoms with Gasteiger partial charge in [-0.1, -0.05) is 20.8 Å². The van der Waals surface area contributed by atoms with Crippen LogP contribution in [0.25, 0.3) is 0 Å². The maximum atomic E-state index is 11.8. The molecule has 45 heavy (non-hydrogen) atoms. The first-order chi connectivity index (χ1) is 21.2. The Kier molecular flexibility index (Phi) is 12.8. The molecule has 4 aliphatic rings. The third kappa shape index (κ3) is 8.62. The van der Waals surface area contributed by atoms with Crippen LogP contribution in [0.1, 0.15) is 111 Å². The minimum absolute atomic E-state index is 0.0969. The molecule has 0 aliphatic heterocycles. The van der Waals surface area contributed by atoms with Crippen molar-refractivity contribution in [2.45, 2.75) is 129 Å². The second-order valence-electron chi connectivity index (χ2n) is 15.8. The Hall–Kier alpha value is -0.820. The van der Waals surface area contributed by atoms with Crippen molar-refractivity contribution in [3.05, 3.63) is 0 Å². The molecular formula is C34H63N3O7S. The van der Waals surface area contributed by atoms with Crippen molar-refractivity contribution in [2.75, 3.05) is 26.2 Å². The van der Waals surface area contributed by atoms with Gasteiger partial charge in [-0.3, -0.25) is 9.35 Å². The summed E-state index contributed by atoms with van der Waals surface area (Å²) in [5.74, 6) is 0.345. The predicted molar refractivity (Wildman–Crippen MR) is 176 cm³/mol. The van der Waals surface area contributed by atoms with Crippen LogP contribution in [0.5, 0.6) is 0 Å². The van der Waals surface area contributed by atoms with Gasteiger partial charge in [0, 0.05) is 6.04 Å². The minimum Gasteiger partial charge on any atom is -0.481 e. The normalized spacial score (nSPS) is 38.5. The molecule has 0 aromatic rings. The molecule has 4 fully saturated rings. The predicted octanol–water partition coefficient (Wildman–Crippen LogP) is 4.62. The van der Waals surface area contributed by atoms with E-state index >= 15 is 0 Å². The highest BCUT2D eigenvalue weighted by molar-refractivity contribution is 7.80. The highest BCUT2D eigenvalue weighted by Gasteiger charge is 2.62. The summed E-state index contributed by atoms with van der Waals surface area (Å²) in [6, 6.07) is 0.534. The number of carboxylic acids is 1. The van der Waals surface area contributed by atoms with Gasteiger partial charge in [0.25, 0.3) is 0 Å². The molecule has 0 amide bonds. The molecule has 262 valence electrons. The van der Waals surface area contributed by atoms with E-state index in [-0.39, 0.29) is 29.3 Å². The summed E-state index contributed by atoms with van der Waals surface area (Å²) in [6.07, 6.45) is 11.8. The van der Waals surface area contributed by atoms with E-state index in [1.807, 2.05) is 0 Å². The lowest BCUT2D eigenvalue weighted by Crippen LogP contribution is -2.59. The van der Waals surface area contributed by atoms with Crippen molar-refractivity contribution in [3.63, 3.8) is 0 Å². The lowest BCUT2D eigenvalue weighted by molar-refractivity contribution is -0.167. The van der Waals surface area contributed by atoms with Crippen LogP contribution in [0, 0.1) is 52.3 Å². The molecule has 11 heteroatoms. The Bertz CT molecular complexity index is 1080. The number of nitrogens with two attached hydrogens (primary N) is 1. The van der Waals surface area contributed by atoms with Gasteiger partial charge in [-0.2, -0.15) is 8.42 Å². The van der Waals surface area contributed by atoms with E-state index in [9.17, 15) is 28.0 Å². The Balaban J connectivity index is 1.33. The van der Waals surface area contributed by atoms with E-state index in [0.29, 0.717) is 42.1 Å². The molecule has 0 heterocycles. The molecule has 0 bridgehead atoms. The number of carbonyl (C=O) groups is 1. The fourth-order valence-electron chi connectivity index (χ4n) is 10.7. The summed E-state index contributed by atoms with van der Waals surface area (Å²) in [6.45, 7) is 12.4. The van der Waals surface area contributed by atoms with Gasteiger partial charge in [0.1, 0.15) is 0 Å². The molecule has 0 aromatic carbocycles. The van der Waals surface area contributed by atoms with Crippen molar-refractivity contribution in [2.24, 2.45) is 58.0 Å². The summed E-state index contributed by atoms with van der Waals surface area (Å²) in [7, 11) is -4.75. The molecule has 0 radical (unpaired) electrons. The second kappa shape index (κ2) is 15.6. The molecule has 0 saturated heterocycles. The fourth-order valence-corrected chi connectivity index (χ4v) is 11.3. The standard InChI is InChI=1S/C34H63N3O7S/c1-22(8-11-30(23(2)32(39)40)44-45(41,42)43)26-9-10-27-31-28(13-15-34(26,27)4)33(3)14-12-25(20-24(33)21-29(31)38)37-19-7-18-36-17-6-5-16-35/h22-31,36-38H,5-21,35H2,1-4H3,(H,39,40)(H,41,42,43)/t22-,23?,24-,25+,26-,27+,28+,29-,30?,31+,33+,34-/m1/s1. The van der Waals surface area contributed by atoms with Crippen LogP contribution < -0.4 is 16.4 Å². The first-order valence-corrected chi connectivity index (χ1v) is 19.3. The zero-order valence-corrected chi connectivity index (χ0v) is 29.1. The first-order valence-electron chi connectivity index (χ1n) is 17.9. The van der Waals surface area contributed by atoms with E-state index in [1.54, 1.807) is 0 Å². The Morgan fingerprint density at radius 1 is 0.956 bits per heavy atom. The van der Waals surface area contributed by atoms with Crippen LogP contribution in [-0.2, 0) is 19.4 Å². The Morgan fingerprint density at radius 2 is 1.64 bits per heavy atom. The molecule has 10 nitrogen and oxygen atoms in total. The van der Waals surface area contributed by atoms with E-state index in [1.165, 1.54) is 19.8 Å². The number of hydrogen-bond acceptors (Lipinski definition) is 8. The van der Waals surface area contributed by atoms with E-state index < -0.39 is 28.4 Å². The van der Waals surface area contributed by atoms with Gasteiger partial charge < -0.3 is 26.6 Å². The summed E-state index contributed by atoms with van der Waals surface area (Å²) in [5.41, 5.74) is 5.94. The average molecular weight is 658 g/mol. The zero-order valence-electron chi connectivity index (χ0n) is 28.3. The number of aliphatic carboxylic acids is 1. The third-order valence-electron chi connectivity index (χ3n) is 13.3. The van der Waals surface area contributed by atoms with Gasteiger partial charge in [-0.25, -0.2) is 4.18 Å². The van der Waals surface area contributed by atoms with E-state index in [2.05, 4.69) is 31.4 Å². The lowest BCUT2D eigenvalue weighted by Gasteiger charge is -2.62. The summed E-state index contributed by atoms with van der Waals surface area (Å²) < 4.78 is 36.9. The number of fused-ring (bicyclic) bond motifs is 5. The molecule has 4 aliphatic carbocycles. The van der Waals surface area contributed by atoms with Crippen molar-refractivity contribution in [3.8, 4) is 0 Å². The largest absolute Gasteiger partial charge is 0.481 e. The zero-order chi connectivity index (χ0) is 33.0. The third-order valence-corrected chi connectivity index (χ3v) is 13.8. The van der Waals surface area contributed by atoms with Gasteiger partial charge in [-0.05, 0) is 163 Å². The van der Waals surface area contributed by atoms with Gasteiger partial charge >= 0.3 is 16.4 Å². The van der Waals surface area contributed by atoms with Crippen LogP contribution in [0.3, 0.4) is 0 Å². The first kappa shape index (κ1) is 37.0. The van der Waals surface area contributed by atoms with Crippen LogP contribution in [0.2, 0.25) is 0 Å². The van der Waals surface area contributed by atoms with Crippen LogP contribution in [0.15, 0.2) is 0 Å². The van der Waals surface area contributed by atoms with Crippen molar-refractivity contribution >= 4 is 16.4 Å². The van der Waals surface area contributed by atoms with Crippen LogP contribution in [-0.4, -0.2) is 73.6 Å². The SMILES string of the molecule is CC(C(=O)O)C(CC[C@@H](C)[C@H]1CC[C@H]2[C@@H]3[C@H](O)C[C@H]4C[C@@H](NCCCNCCCCN)CC[C@]4(C)[C@H]3CC[C@]12C)OS(=O)(=O)O. The van der Waals surface area contributed by atoms with Gasteiger partial charge in [-0.15, -0.1) is 0 Å². The number of nitrogens with one attached hydrogen (secondary N) is 2. The number of aliphatic hydroxyl groups excluding tert-OH is 1. The summed E-state index contributed by atoms with van der Waals surface area (Å²) >= 11 is 0. The molecular weight excluding hydrogens is 594 g/mol. The highest BCUT2D eigenvalue weighted by atomic mass is 32.3. The lowest BCUT2D eigenvalue weighted by atomic mass is 9.43. The van der Waals surface area contributed by atoms with Gasteiger partial charge in [0.2, 0.25) is 0 Å². The smallest absolute Gasteiger partial charge is 0.397 e.